The molecule has 0 aliphatic carbocycles. The zero-order valence-corrected chi connectivity index (χ0v) is 12.4. The Labute approximate surface area is 122 Å². The summed E-state index contributed by atoms with van der Waals surface area (Å²) in [6.07, 6.45) is 0.886. The molecule has 0 radical (unpaired) electrons. The molecule has 0 saturated heterocycles. The van der Waals surface area contributed by atoms with E-state index < -0.39 is 22.3 Å². The van der Waals surface area contributed by atoms with E-state index >= 15 is 0 Å². The summed E-state index contributed by atoms with van der Waals surface area (Å²) < 4.78 is 13.4. The molecule has 0 heterocycles. The zero-order chi connectivity index (χ0) is 16.2. The van der Waals surface area contributed by atoms with Gasteiger partial charge in [-0.25, -0.2) is 4.39 Å². The van der Waals surface area contributed by atoms with Crippen LogP contribution in [0.4, 0.5) is 15.8 Å². The summed E-state index contributed by atoms with van der Waals surface area (Å²) in [6.45, 7) is 6.68. The maximum absolute atomic E-state index is 13.4. The molecule has 0 aliphatic rings. The Morgan fingerprint density at radius 3 is 2.57 bits per heavy atom. The minimum absolute atomic E-state index is 0.177. The Balaban J connectivity index is 3.21. The molecule has 1 unspecified atom stereocenters. The van der Waals surface area contributed by atoms with Crippen LogP contribution in [0, 0.1) is 21.8 Å². The highest BCUT2D eigenvalue weighted by molar-refractivity contribution is 5.99. The topological polar surface area (TPSA) is 89.5 Å². The van der Waals surface area contributed by atoms with Crippen LogP contribution < -0.4 is 5.73 Å². The lowest BCUT2D eigenvalue weighted by Gasteiger charge is -2.24. The minimum Gasteiger partial charge on any atom is -0.396 e. The first kappa shape index (κ1) is 16.9. The van der Waals surface area contributed by atoms with Crippen molar-refractivity contribution in [1.82, 2.24) is 4.90 Å². The van der Waals surface area contributed by atoms with Crippen molar-refractivity contribution in [2.24, 2.45) is 5.92 Å². The second kappa shape index (κ2) is 7.01. The van der Waals surface area contributed by atoms with Crippen molar-refractivity contribution >= 4 is 17.3 Å². The minimum atomic E-state index is -0.900. The molecule has 0 spiro atoms. The fourth-order valence-electron chi connectivity index (χ4n) is 1.93. The number of halogens is 1. The number of rotatable bonds is 6. The molecular formula is C14H20FN3O3. The first-order valence-electron chi connectivity index (χ1n) is 6.84. The van der Waals surface area contributed by atoms with Crippen LogP contribution in [0.5, 0.6) is 0 Å². The average molecular weight is 297 g/mol. The zero-order valence-electron chi connectivity index (χ0n) is 12.4. The van der Waals surface area contributed by atoms with E-state index in [2.05, 4.69) is 0 Å². The van der Waals surface area contributed by atoms with Crippen molar-refractivity contribution in [3.05, 3.63) is 33.6 Å². The van der Waals surface area contributed by atoms with E-state index in [1.54, 1.807) is 6.92 Å². The van der Waals surface area contributed by atoms with Crippen LogP contribution in [0.1, 0.15) is 37.6 Å². The quantitative estimate of drug-likeness (QED) is 0.496. The number of benzene rings is 1. The molecule has 7 heteroatoms. The van der Waals surface area contributed by atoms with Crippen molar-refractivity contribution in [1.29, 1.82) is 0 Å². The summed E-state index contributed by atoms with van der Waals surface area (Å²) in [6, 6.07) is 1.73. The van der Waals surface area contributed by atoms with E-state index in [1.165, 1.54) is 4.90 Å². The highest BCUT2D eigenvalue weighted by atomic mass is 19.1. The van der Waals surface area contributed by atoms with Crippen LogP contribution in [0.15, 0.2) is 12.1 Å². The number of nitrogens with zero attached hydrogens (tertiary/aromatic N) is 2. The largest absolute Gasteiger partial charge is 0.396 e. The van der Waals surface area contributed by atoms with Gasteiger partial charge >= 0.3 is 0 Å². The molecule has 1 amide bonds. The summed E-state index contributed by atoms with van der Waals surface area (Å²) in [5.41, 5.74) is 4.42. The second-order valence-electron chi connectivity index (χ2n) is 5.01. The first-order valence-corrected chi connectivity index (χ1v) is 6.84. The second-order valence-corrected chi connectivity index (χ2v) is 5.01. The number of nitrogen functional groups attached to an aromatic ring is 1. The van der Waals surface area contributed by atoms with Gasteiger partial charge < -0.3 is 10.6 Å². The number of carbonyl (C=O) groups is 1. The molecule has 0 aliphatic heterocycles. The maximum Gasteiger partial charge on any atom is 0.285 e. The van der Waals surface area contributed by atoms with Crippen LogP contribution in [0.2, 0.25) is 0 Å². The van der Waals surface area contributed by atoms with Gasteiger partial charge in [-0.15, -0.1) is 0 Å². The predicted octanol–water partition coefficient (Wildman–Crippen LogP) is 2.82. The Hall–Kier alpha value is -2.18. The Morgan fingerprint density at radius 1 is 1.48 bits per heavy atom. The van der Waals surface area contributed by atoms with Crippen molar-refractivity contribution in [2.45, 2.75) is 27.2 Å². The molecule has 0 saturated carbocycles. The van der Waals surface area contributed by atoms with E-state index in [1.807, 2.05) is 13.8 Å². The fourth-order valence-corrected chi connectivity index (χ4v) is 1.93. The summed E-state index contributed by atoms with van der Waals surface area (Å²) in [5.74, 6) is -1.13. The van der Waals surface area contributed by atoms with Gasteiger partial charge in [0, 0.05) is 13.1 Å². The van der Waals surface area contributed by atoms with Crippen LogP contribution in [-0.2, 0) is 0 Å². The van der Waals surface area contributed by atoms with Crippen molar-refractivity contribution < 1.29 is 14.1 Å². The van der Waals surface area contributed by atoms with Gasteiger partial charge in [-0.1, -0.05) is 20.3 Å². The number of nitro benzene ring substituents is 1. The standard InChI is InChI=1S/C14H20FN3O3/c1-4-9(3)8-17(5-2)14(19)10-6-12(16)11(15)7-13(10)18(20)21/h6-7,9H,4-5,8,16H2,1-3H3. The smallest absolute Gasteiger partial charge is 0.285 e. The van der Waals surface area contributed by atoms with Crippen LogP contribution in [0.25, 0.3) is 0 Å². The number of hydrogen-bond acceptors (Lipinski definition) is 4. The monoisotopic (exact) mass is 297 g/mol. The van der Waals surface area contributed by atoms with E-state index in [0.717, 1.165) is 12.5 Å². The van der Waals surface area contributed by atoms with Gasteiger partial charge in [0.05, 0.1) is 16.7 Å². The third-order valence-corrected chi connectivity index (χ3v) is 3.44. The number of amides is 1. The highest BCUT2D eigenvalue weighted by Crippen LogP contribution is 2.26. The molecular weight excluding hydrogens is 277 g/mol. The molecule has 1 aromatic rings. The summed E-state index contributed by atoms with van der Waals surface area (Å²) in [4.78, 5) is 24.2. The molecule has 21 heavy (non-hydrogen) atoms. The molecule has 1 atom stereocenters. The Bertz CT molecular complexity index is 549. The third-order valence-electron chi connectivity index (χ3n) is 3.44. The van der Waals surface area contributed by atoms with Gasteiger partial charge in [0.15, 0.2) is 5.82 Å². The third kappa shape index (κ3) is 3.90. The summed E-state index contributed by atoms with van der Waals surface area (Å²) in [5, 5.41) is 11.0. The van der Waals surface area contributed by atoms with E-state index in [-0.39, 0.29) is 17.2 Å². The van der Waals surface area contributed by atoms with Crippen molar-refractivity contribution in [2.75, 3.05) is 18.8 Å². The van der Waals surface area contributed by atoms with E-state index in [4.69, 9.17) is 5.73 Å². The van der Waals surface area contributed by atoms with Gasteiger partial charge in [-0.2, -0.15) is 0 Å². The highest BCUT2D eigenvalue weighted by Gasteiger charge is 2.26. The molecule has 0 fully saturated rings. The lowest BCUT2D eigenvalue weighted by molar-refractivity contribution is -0.385. The number of nitrogens with two attached hydrogens (primary N) is 1. The number of hydrogen-bond donors (Lipinski definition) is 1. The van der Waals surface area contributed by atoms with Gasteiger partial charge in [0.25, 0.3) is 11.6 Å². The SMILES string of the molecule is CCC(C)CN(CC)C(=O)c1cc(N)c(F)cc1[N+](=O)[O-]. The number of carbonyl (C=O) groups excluding carboxylic acids is 1. The molecule has 0 aromatic heterocycles. The molecule has 116 valence electrons. The maximum atomic E-state index is 13.4. The first-order chi connectivity index (χ1) is 9.81. The van der Waals surface area contributed by atoms with E-state index in [0.29, 0.717) is 19.2 Å². The number of nitro groups is 1. The summed E-state index contributed by atoms with van der Waals surface area (Å²) in [7, 11) is 0. The Morgan fingerprint density at radius 2 is 2.10 bits per heavy atom. The molecule has 0 bridgehead atoms. The van der Waals surface area contributed by atoms with Crippen molar-refractivity contribution in [3.63, 3.8) is 0 Å². The van der Waals surface area contributed by atoms with Gasteiger partial charge in [-0.3, -0.25) is 14.9 Å². The van der Waals surface area contributed by atoms with Gasteiger partial charge in [0.1, 0.15) is 5.56 Å². The lowest BCUT2D eigenvalue weighted by atomic mass is 10.1. The normalized spacial score (nSPS) is 12.0. The van der Waals surface area contributed by atoms with Crippen LogP contribution in [0.3, 0.4) is 0 Å². The van der Waals surface area contributed by atoms with Crippen LogP contribution >= 0.6 is 0 Å². The van der Waals surface area contributed by atoms with Crippen LogP contribution in [-0.4, -0.2) is 28.8 Å². The van der Waals surface area contributed by atoms with E-state index in [9.17, 15) is 19.3 Å². The summed E-state index contributed by atoms with van der Waals surface area (Å²) >= 11 is 0. The molecule has 2 N–H and O–H groups in total. The molecule has 1 rings (SSSR count). The van der Waals surface area contributed by atoms with Gasteiger partial charge in [0.2, 0.25) is 0 Å². The number of anilines is 1. The molecule has 6 nitrogen and oxygen atoms in total. The predicted molar refractivity (Wildman–Crippen MR) is 78.5 cm³/mol. The fraction of sp³-hybridized carbons (Fsp3) is 0.500. The van der Waals surface area contributed by atoms with Gasteiger partial charge in [-0.05, 0) is 18.9 Å². The molecule has 1 aromatic carbocycles. The van der Waals surface area contributed by atoms with Crippen molar-refractivity contribution in [3.8, 4) is 0 Å². The lowest BCUT2D eigenvalue weighted by Crippen LogP contribution is -2.35. The average Bonchev–Trinajstić information content (AvgIpc) is 2.45. The Kier molecular flexibility index (Phi) is 5.63.